The number of halogens is 1. The first-order chi connectivity index (χ1) is 10.5. The van der Waals surface area contributed by atoms with E-state index in [0.29, 0.717) is 5.75 Å². The molecule has 2 aromatic carbocycles. The van der Waals surface area contributed by atoms with E-state index in [1.165, 1.54) is 5.56 Å². The number of carbonyl (C=O) groups excluding carboxylic acids is 1. The number of amides is 1. The number of anilines is 1. The molecule has 116 valence electrons. The van der Waals surface area contributed by atoms with Crippen molar-refractivity contribution < 1.29 is 9.53 Å². The average molecular weight is 318 g/mol. The van der Waals surface area contributed by atoms with Crippen LogP contribution < -0.4 is 10.1 Å². The van der Waals surface area contributed by atoms with Gasteiger partial charge in [-0.25, -0.2) is 0 Å². The number of carbonyl (C=O) groups is 1. The van der Waals surface area contributed by atoms with Crippen LogP contribution >= 0.6 is 11.6 Å². The lowest BCUT2D eigenvalue weighted by molar-refractivity contribution is -0.118. The van der Waals surface area contributed by atoms with Crippen LogP contribution in [0.25, 0.3) is 0 Å². The van der Waals surface area contributed by atoms with Gasteiger partial charge in [0.1, 0.15) is 5.75 Å². The Morgan fingerprint density at radius 1 is 1.18 bits per heavy atom. The highest BCUT2D eigenvalue weighted by Crippen LogP contribution is 2.22. The Labute approximate surface area is 136 Å². The monoisotopic (exact) mass is 317 g/mol. The van der Waals surface area contributed by atoms with Crippen LogP contribution in [0.3, 0.4) is 0 Å². The minimum Gasteiger partial charge on any atom is -0.484 e. The van der Waals surface area contributed by atoms with Gasteiger partial charge in [-0.15, -0.1) is 0 Å². The fourth-order valence-electron chi connectivity index (χ4n) is 2.20. The first-order valence-electron chi connectivity index (χ1n) is 7.28. The Hall–Kier alpha value is -2.00. The van der Waals surface area contributed by atoms with E-state index in [1.807, 2.05) is 45.0 Å². The smallest absolute Gasteiger partial charge is 0.262 e. The average Bonchev–Trinajstić information content (AvgIpc) is 2.49. The molecule has 4 heteroatoms. The molecule has 0 aliphatic heterocycles. The van der Waals surface area contributed by atoms with E-state index < -0.39 is 0 Å². The second-order valence-corrected chi connectivity index (χ2v) is 5.67. The van der Waals surface area contributed by atoms with Crippen molar-refractivity contribution in [3.05, 3.63) is 58.1 Å². The molecular weight excluding hydrogens is 298 g/mol. The van der Waals surface area contributed by atoms with Crippen molar-refractivity contribution in [1.82, 2.24) is 0 Å². The fourth-order valence-corrected chi connectivity index (χ4v) is 2.45. The maximum absolute atomic E-state index is 12.0. The molecule has 0 saturated carbocycles. The summed E-state index contributed by atoms with van der Waals surface area (Å²) in [5.74, 6) is 0.469. The van der Waals surface area contributed by atoms with E-state index in [2.05, 4.69) is 5.32 Å². The predicted octanol–water partition coefficient (Wildman–Crippen LogP) is 4.54. The van der Waals surface area contributed by atoms with Crippen molar-refractivity contribution >= 4 is 23.2 Å². The molecule has 2 aromatic rings. The zero-order valence-electron chi connectivity index (χ0n) is 13.1. The zero-order chi connectivity index (χ0) is 16.1. The maximum atomic E-state index is 12.0. The summed E-state index contributed by atoms with van der Waals surface area (Å²) >= 11 is 6.06. The second-order valence-electron chi connectivity index (χ2n) is 5.26. The third-order valence-corrected chi connectivity index (χ3v) is 3.79. The van der Waals surface area contributed by atoms with E-state index in [-0.39, 0.29) is 12.5 Å². The van der Waals surface area contributed by atoms with Gasteiger partial charge < -0.3 is 10.1 Å². The molecule has 0 heterocycles. The summed E-state index contributed by atoms with van der Waals surface area (Å²) in [5.41, 5.74) is 4.02. The van der Waals surface area contributed by atoms with E-state index in [1.54, 1.807) is 12.1 Å². The van der Waals surface area contributed by atoms with Crippen LogP contribution in [-0.4, -0.2) is 12.5 Å². The molecule has 0 unspecified atom stereocenters. The van der Waals surface area contributed by atoms with Crippen molar-refractivity contribution in [2.75, 3.05) is 11.9 Å². The number of hydrogen-bond acceptors (Lipinski definition) is 2. The highest BCUT2D eigenvalue weighted by molar-refractivity contribution is 6.31. The molecule has 0 aromatic heterocycles. The number of benzene rings is 2. The van der Waals surface area contributed by atoms with Crippen molar-refractivity contribution in [3.63, 3.8) is 0 Å². The number of ether oxygens (including phenoxy) is 1. The van der Waals surface area contributed by atoms with Gasteiger partial charge in [0.25, 0.3) is 5.91 Å². The number of aryl methyl sites for hydroxylation is 3. The maximum Gasteiger partial charge on any atom is 0.262 e. The predicted molar refractivity (Wildman–Crippen MR) is 90.9 cm³/mol. The van der Waals surface area contributed by atoms with Crippen LogP contribution in [0.5, 0.6) is 5.75 Å². The lowest BCUT2D eigenvalue weighted by Crippen LogP contribution is -2.20. The Kier molecular flexibility index (Phi) is 5.45. The van der Waals surface area contributed by atoms with Gasteiger partial charge in [-0.2, -0.15) is 0 Å². The Balaban J connectivity index is 1.95. The van der Waals surface area contributed by atoms with Gasteiger partial charge in [0, 0.05) is 10.7 Å². The van der Waals surface area contributed by atoms with Gasteiger partial charge >= 0.3 is 0 Å². The fraction of sp³-hybridized carbons (Fsp3) is 0.278. The molecule has 0 aliphatic carbocycles. The van der Waals surface area contributed by atoms with Crippen molar-refractivity contribution in [2.24, 2.45) is 0 Å². The number of nitrogens with one attached hydrogen (secondary N) is 1. The summed E-state index contributed by atoms with van der Waals surface area (Å²) in [6, 6.07) is 11.3. The van der Waals surface area contributed by atoms with Gasteiger partial charge in [0.15, 0.2) is 6.61 Å². The topological polar surface area (TPSA) is 38.3 Å². The minimum absolute atomic E-state index is 0.0297. The summed E-state index contributed by atoms with van der Waals surface area (Å²) in [7, 11) is 0. The largest absolute Gasteiger partial charge is 0.484 e. The molecule has 0 saturated heterocycles. The first kappa shape index (κ1) is 16.4. The van der Waals surface area contributed by atoms with Crippen LogP contribution in [0.1, 0.15) is 23.6 Å². The third kappa shape index (κ3) is 4.25. The summed E-state index contributed by atoms with van der Waals surface area (Å²) in [6.45, 7) is 5.99. The van der Waals surface area contributed by atoms with Gasteiger partial charge in [-0.1, -0.05) is 36.2 Å². The standard InChI is InChI=1S/C18H20ClNO2/c1-4-14-10-15(6-7-16(14)19)22-11-18(21)20-17-8-5-12(2)9-13(17)3/h5-10H,4,11H2,1-3H3,(H,20,21). The highest BCUT2D eigenvalue weighted by atomic mass is 35.5. The normalized spacial score (nSPS) is 10.4. The van der Waals surface area contributed by atoms with E-state index in [9.17, 15) is 4.79 Å². The highest BCUT2D eigenvalue weighted by Gasteiger charge is 2.07. The molecule has 0 atom stereocenters. The van der Waals surface area contributed by atoms with Crippen LogP contribution in [-0.2, 0) is 11.2 Å². The summed E-state index contributed by atoms with van der Waals surface area (Å²) < 4.78 is 5.53. The van der Waals surface area contributed by atoms with E-state index in [4.69, 9.17) is 16.3 Å². The summed E-state index contributed by atoms with van der Waals surface area (Å²) in [6.07, 6.45) is 0.824. The molecule has 0 aliphatic rings. The summed E-state index contributed by atoms with van der Waals surface area (Å²) in [5, 5.41) is 3.57. The second kappa shape index (κ2) is 7.32. The number of rotatable bonds is 5. The molecule has 22 heavy (non-hydrogen) atoms. The van der Waals surface area contributed by atoms with Crippen molar-refractivity contribution in [1.29, 1.82) is 0 Å². The molecule has 0 fully saturated rings. The lowest BCUT2D eigenvalue weighted by atomic mass is 10.1. The van der Waals surface area contributed by atoms with Gasteiger partial charge in [0.2, 0.25) is 0 Å². The first-order valence-corrected chi connectivity index (χ1v) is 7.65. The van der Waals surface area contributed by atoms with E-state index in [0.717, 1.165) is 28.3 Å². The van der Waals surface area contributed by atoms with Gasteiger partial charge in [-0.3, -0.25) is 4.79 Å². The quantitative estimate of drug-likeness (QED) is 0.879. The molecule has 1 N–H and O–H groups in total. The molecule has 0 spiro atoms. The van der Waals surface area contributed by atoms with Crippen LogP contribution in [0, 0.1) is 13.8 Å². The van der Waals surface area contributed by atoms with Crippen molar-refractivity contribution in [3.8, 4) is 5.75 Å². The third-order valence-electron chi connectivity index (χ3n) is 3.42. The lowest BCUT2D eigenvalue weighted by Gasteiger charge is -2.11. The molecule has 0 bridgehead atoms. The number of hydrogen-bond donors (Lipinski definition) is 1. The van der Waals surface area contributed by atoms with Crippen LogP contribution in [0.4, 0.5) is 5.69 Å². The molecule has 3 nitrogen and oxygen atoms in total. The zero-order valence-corrected chi connectivity index (χ0v) is 13.8. The Morgan fingerprint density at radius 2 is 1.95 bits per heavy atom. The SMILES string of the molecule is CCc1cc(OCC(=O)Nc2ccc(C)cc2C)ccc1Cl. The Morgan fingerprint density at radius 3 is 2.64 bits per heavy atom. The molecule has 2 rings (SSSR count). The molecule has 0 radical (unpaired) electrons. The Bertz CT molecular complexity index is 683. The molecule has 1 amide bonds. The van der Waals surface area contributed by atoms with E-state index >= 15 is 0 Å². The van der Waals surface area contributed by atoms with Crippen LogP contribution in [0.15, 0.2) is 36.4 Å². The minimum atomic E-state index is -0.181. The van der Waals surface area contributed by atoms with Crippen LogP contribution in [0.2, 0.25) is 5.02 Å². The van der Waals surface area contributed by atoms with Crippen molar-refractivity contribution in [2.45, 2.75) is 27.2 Å². The van der Waals surface area contributed by atoms with Gasteiger partial charge in [0.05, 0.1) is 0 Å². The molecular formula is C18H20ClNO2. The summed E-state index contributed by atoms with van der Waals surface area (Å²) in [4.78, 5) is 12.0. The van der Waals surface area contributed by atoms with Gasteiger partial charge in [-0.05, 0) is 55.7 Å².